The molecule has 1 aliphatic heterocycles. The predicted octanol–water partition coefficient (Wildman–Crippen LogP) is 2.25. The minimum absolute atomic E-state index is 0.170. The second-order valence-electron chi connectivity index (χ2n) is 4.47. The van der Waals surface area contributed by atoms with Gasteiger partial charge in [0.05, 0.1) is 16.6 Å². The highest BCUT2D eigenvalue weighted by Gasteiger charge is 2.31. The van der Waals surface area contributed by atoms with Crippen LogP contribution in [-0.4, -0.2) is 31.9 Å². The van der Waals surface area contributed by atoms with Crippen molar-refractivity contribution in [2.24, 2.45) is 0 Å². The molecule has 104 valence electrons. The van der Waals surface area contributed by atoms with Gasteiger partial charge in [0.15, 0.2) is 9.84 Å². The van der Waals surface area contributed by atoms with Crippen LogP contribution in [0.2, 0.25) is 5.02 Å². The number of carbonyl (C=O) groups is 1. The van der Waals surface area contributed by atoms with Gasteiger partial charge in [0.2, 0.25) is 0 Å². The van der Waals surface area contributed by atoms with Crippen LogP contribution in [0.1, 0.15) is 23.2 Å². The van der Waals surface area contributed by atoms with Crippen molar-refractivity contribution < 1.29 is 13.2 Å². The lowest BCUT2D eigenvalue weighted by atomic mass is 10.2. The molecule has 0 aliphatic carbocycles. The van der Waals surface area contributed by atoms with E-state index in [1.54, 1.807) is 18.2 Å². The fourth-order valence-electron chi connectivity index (χ4n) is 2.06. The minimum Gasteiger partial charge on any atom is -0.351 e. The second kappa shape index (κ2) is 5.97. The fourth-order valence-corrected chi connectivity index (χ4v) is 4.58. The summed E-state index contributed by atoms with van der Waals surface area (Å²) in [7, 11) is -3.03. The van der Waals surface area contributed by atoms with Crippen molar-refractivity contribution in [1.82, 2.24) is 5.32 Å². The first-order valence-electron chi connectivity index (χ1n) is 5.85. The van der Waals surface area contributed by atoms with E-state index in [2.05, 4.69) is 5.32 Å². The van der Waals surface area contributed by atoms with Gasteiger partial charge in [0, 0.05) is 15.1 Å². The normalized spacial score (nSPS) is 21.3. The molecule has 19 heavy (non-hydrogen) atoms. The molecule has 1 aromatic rings. The summed E-state index contributed by atoms with van der Waals surface area (Å²) in [5.41, 5.74) is 0.475. The van der Waals surface area contributed by atoms with Crippen molar-refractivity contribution in [1.29, 1.82) is 0 Å². The molecule has 7 heteroatoms. The Balaban J connectivity index is 2.04. The molecule has 1 N–H and O–H groups in total. The van der Waals surface area contributed by atoms with E-state index in [9.17, 15) is 13.2 Å². The lowest BCUT2D eigenvalue weighted by Crippen LogP contribution is -2.34. The van der Waals surface area contributed by atoms with Crippen molar-refractivity contribution in [3.63, 3.8) is 0 Å². The Kier molecular flexibility index (Phi) is 4.73. The number of rotatable bonds is 3. The van der Waals surface area contributed by atoms with Crippen LogP contribution in [-0.2, 0) is 9.84 Å². The largest absolute Gasteiger partial charge is 0.351 e. The van der Waals surface area contributed by atoms with E-state index in [4.69, 9.17) is 11.6 Å². The Morgan fingerprint density at radius 1 is 1.47 bits per heavy atom. The summed E-state index contributed by atoms with van der Waals surface area (Å²) in [4.78, 5) is 12.0. The molecule has 0 radical (unpaired) electrons. The van der Waals surface area contributed by atoms with Crippen LogP contribution < -0.4 is 5.32 Å². The van der Waals surface area contributed by atoms with E-state index in [1.807, 2.05) is 22.6 Å². The molecule has 1 unspecified atom stereocenters. The van der Waals surface area contributed by atoms with E-state index in [0.717, 1.165) is 3.57 Å². The van der Waals surface area contributed by atoms with Crippen LogP contribution in [0, 0.1) is 3.57 Å². The zero-order valence-electron chi connectivity index (χ0n) is 10.0. The number of hydrogen-bond acceptors (Lipinski definition) is 3. The monoisotopic (exact) mass is 413 g/mol. The lowest BCUT2D eigenvalue weighted by Gasteiger charge is -2.11. The van der Waals surface area contributed by atoms with Gasteiger partial charge in [-0.3, -0.25) is 4.79 Å². The lowest BCUT2D eigenvalue weighted by molar-refractivity contribution is 0.0952. The molecule has 1 aromatic carbocycles. The van der Waals surface area contributed by atoms with Gasteiger partial charge in [-0.1, -0.05) is 11.6 Å². The number of nitrogens with one attached hydrogen (secondary N) is 1. The van der Waals surface area contributed by atoms with E-state index < -0.39 is 15.1 Å². The van der Waals surface area contributed by atoms with E-state index in [1.165, 1.54) is 0 Å². The first-order chi connectivity index (χ1) is 8.90. The van der Waals surface area contributed by atoms with Gasteiger partial charge in [-0.25, -0.2) is 8.42 Å². The maximum Gasteiger partial charge on any atom is 0.252 e. The third-order valence-corrected chi connectivity index (χ3v) is 6.58. The summed E-state index contributed by atoms with van der Waals surface area (Å²) < 4.78 is 24.1. The van der Waals surface area contributed by atoms with Gasteiger partial charge >= 0.3 is 0 Å². The first kappa shape index (κ1) is 15.1. The molecule has 0 aromatic heterocycles. The van der Waals surface area contributed by atoms with Crippen LogP contribution in [0.25, 0.3) is 0 Å². The van der Waals surface area contributed by atoms with Crippen molar-refractivity contribution in [3.05, 3.63) is 32.4 Å². The molecule has 0 spiro atoms. The summed E-state index contributed by atoms with van der Waals surface area (Å²) in [5, 5.41) is 2.72. The second-order valence-corrected chi connectivity index (χ2v) is 8.46. The highest BCUT2D eigenvalue weighted by molar-refractivity contribution is 14.1. The molecule has 1 aliphatic rings. The number of amides is 1. The van der Waals surface area contributed by atoms with Gasteiger partial charge in [-0.2, -0.15) is 0 Å². The van der Waals surface area contributed by atoms with E-state index in [-0.39, 0.29) is 18.2 Å². The average Bonchev–Trinajstić information content (AvgIpc) is 2.68. The topological polar surface area (TPSA) is 63.2 Å². The predicted molar refractivity (Wildman–Crippen MR) is 83.3 cm³/mol. The highest BCUT2D eigenvalue weighted by Crippen LogP contribution is 2.20. The number of hydrogen-bond donors (Lipinski definition) is 1. The Bertz CT molecular complexity index is 603. The molecular formula is C12H13ClINO3S. The van der Waals surface area contributed by atoms with Crippen LogP contribution in [0.4, 0.5) is 0 Å². The van der Waals surface area contributed by atoms with Gasteiger partial charge in [0.1, 0.15) is 0 Å². The summed E-state index contributed by atoms with van der Waals surface area (Å²) in [6, 6.07) is 5.05. The zero-order chi connectivity index (χ0) is 14.0. The number of sulfone groups is 1. The van der Waals surface area contributed by atoms with Crippen LogP contribution in [0.5, 0.6) is 0 Å². The zero-order valence-corrected chi connectivity index (χ0v) is 13.8. The molecule has 1 fully saturated rings. The summed E-state index contributed by atoms with van der Waals surface area (Å²) in [6.45, 7) is 0.170. The van der Waals surface area contributed by atoms with Gasteiger partial charge in [-0.05, 0) is 53.6 Å². The average molecular weight is 414 g/mol. The molecule has 1 saturated heterocycles. The van der Waals surface area contributed by atoms with Gasteiger partial charge < -0.3 is 5.32 Å². The quantitative estimate of drug-likeness (QED) is 0.773. The number of benzene rings is 1. The van der Waals surface area contributed by atoms with Crippen molar-refractivity contribution in [2.45, 2.75) is 18.1 Å². The Hall–Kier alpha value is -0.340. The van der Waals surface area contributed by atoms with Gasteiger partial charge in [-0.15, -0.1) is 0 Å². The SMILES string of the molecule is O=C(NCC1CCCS1(=O)=O)c1cc(Cl)ccc1I. The van der Waals surface area contributed by atoms with Crippen molar-refractivity contribution in [3.8, 4) is 0 Å². The van der Waals surface area contributed by atoms with Crippen molar-refractivity contribution >= 4 is 49.9 Å². The maximum atomic E-state index is 12.0. The molecule has 1 amide bonds. The Labute approximate surface area is 131 Å². The van der Waals surface area contributed by atoms with E-state index in [0.29, 0.717) is 23.4 Å². The van der Waals surface area contributed by atoms with Crippen LogP contribution in [0.3, 0.4) is 0 Å². The number of carbonyl (C=O) groups excluding carboxylic acids is 1. The maximum absolute atomic E-state index is 12.0. The van der Waals surface area contributed by atoms with E-state index >= 15 is 0 Å². The van der Waals surface area contributed by atoms with Gasteiger partial charge in [0.25, 0.3) is 5.91 Å². The van der Waals surface area contributed by atoms with Crippen molar-refractivity contribution in [2.75, 3.05) is 12.3 Å². The molecule has 0 saturated carbocycles. The molecule has 0 bridgehead atoms. The van der Waals surface area contributed by atoms with Crippen LogP contribution in [0.15, 0.2) is 18.2 Å². The molecular weight excluding hydrogens is 401 g/mol. The summed E-state index contributed by atoms with van der Waals surface area (Å²) in [6.07, 6.45) is 1.30. The fraction of sp³-hybridized carbons (Fsp3) is 0.417. The smallest absolute Gasteiger partial charge is 0.252 e. The first-order valence-corrected chi connectivity index (χ1v) is 9.02. The molecule has 1 heterocycles. The third kappa shape index (κ3) is 3.61. The van der Waals surface area contributed by atoms with Crippen LogP contribution >= 0.6 is 34.2 Å². The summed E-state index contributed by atoms with van der Waals surface area (Å²) >= 11 is 7.90. The Morgan fingerprint density at radius 3 is 2.84 bits per heavy atom. The summed E-state index contributed by atoms with van der Waals surface area (Å²) in [5.74, 6) is -0.0589. The minimum atomic E-state index is -3.03. The standard InChI is InChI=1S/C12H13ClINO3S/c13-8-3-4-11(14)10(6-8)12(16)15-7-9-2-1-5-19(9,17)18/h3-4,6,9H,1-2,5,7H2,(H,15,16). The Morgan fingerprint density at radius 2 is 2.21 bits per heavy atom. The molecule has 1 atom stereocenters. The highest BCUT2D eigenvalue weighted by atomic mass is 127. The molecule has 4 nitrogen and oxygen atoms in total. The number of halogens is 2. The molecule has 2 rings (SSSR count). The third-order valence-electron chi connectivity index (χ3n) is 3.13.